The smallest absolute Gasteiger partial charge is 0.255 e. The van der Waals surface area contributed by atoms with Crippen LogP contribution in [0.3, 0.4) is 0 Å². The first-order valence-corrected chi connectivity index (χ1v) is 11.1. The van der Waals surface area contributed by atoms with E-state index < -0.39 is 10.0 Å². The van der Waals surface area contributed by atoms with Gasteiger partial charge in [-0.1, -0.05) is 19.9 Å². The second kappa shape index (κ2) is 7.61. The van der Waals surface area contributed by atoms with E-state index >= 15 is 0 Å². The summed E-state index contributed by atoms with van der Waals surface area (Å²) < 4.78 is 27.8. The van der Waals surface area contributed by atoms with Gasteiger partial charge in [-0.25, -0.2) is 8.42 Å². The van der Waals surface area contributed by atoms with Gasteiger partial charge >= 0.3 is 0 Å². The van der Waals surface area contributed by atoms with Gasteiger partial charge in [0.25, 0.3) is 5.91 Å². The summed E-state index contributed by atoms with van der Waals surface area (Å²) >= 11 is 0. The number of benzene rings is 2. The highest BCUT2D eigenvalue weighted by Crippen LogP contribution is 2.27. The number of piperidine rings is 1. The van der Waals surface area contributed by atoms with E-state index in [1.807, 2.05) is 12.1 Å². The Morgan fingerprint density at radius 3 is 2.66 bits per heavy atom. The van der Waals surface area contributed by atoms with Crippen LogP contribution in [0.5, 0.6) is 0 Å². The highest BCUT2D eigenvalue weighted by atomic mass is 32.2. The number of nitrogens with one attached hydrogen (secondary N) is 2. The molecule has 8 heteroatoms. The third kappa shape index (κ3) is 4.04. The Morgan fingerprint density at radius 2 is 1.90 bits per heavy atom. The molecule has 3 aromatic rings. The largest absolute Gasteiger partial charge is 0.322 e. The average Bonchev–Trinajstić information content (AvgIpc) is 3.15. The van der Waals surface area contributed by atoms with E-state index in [0.29, 0.717) is 36.2 Å². The highest BCUT2D eigenvalue weighted by Gasteiger charge is 2.31. The number of hydrogen-bond acceptors (Lipinski definition) is 4. The van der Waals surface area contributed by atoms with Crippen LogP contribution in [0.1, 0.15) is 30.6 Å². The van der Waals surface area contributed by atoms with Crippen LogP contribution >= 0.6 is 0 Å². The number of nitrogens with zero attached hydrogens (tertiary/aromatic N) is 2. The van der Waals surface area contributed by atoms with Crippen LogP contribution in [0.15, 0.2) is 53.6 Å². The first-order chi connectivity index (χ1) is 13.8. The summed E-state index contributed by atoms with van der Waals surface area (Å²) in [5, 5.41) is 10.5. The van der Waals surface area contributed by atoms with E-state index in [-0.39, 0.29) is 10.8 Å². The predicted octanol–water partition coefficient (Wildman–Crippen LogP) is 3.48. The molecular formula is C21H24N4O3S. The summed E-state index contributed by atoms with van der Waals surface area (Å²) in [5.41, 5.74) is 1.80. The van der Waals surface area contributed by atoms with Crippen LogP contribution in [-0.2, 0) is 10.0 Å². The average molecular weight is 413 g/mol. The summed E-state index contributed by atoms with van der Waals surface area (Å²) in [4.78, 5) is 12.9. The summed E-state index contributed by atoms with van der Waals surface area (Å²) in [6.45, 7) is 5.15. The zero-order valence-electron chi connectivity index (χ0n) is 16.4. The number of amides is 1. The van der Waals surface area contributed by atoms with E-state index in [2.05, 4.69) is 29.4 Å². The maximum absolute atomic E-state index is 13.1. The number of rotatable bonds is 4. The third-order valence-corrected chi connectivity index (χ3v) is 7.10. The van der Waals surface area contributed by atoms with E-state index in [4.69, 9.17) is 0 Å². The van der Waals surface area contributed by atoms with E-state index in [1.54, 1.807) is 30.5 Å². The van der Waals surface area contributed by atoms with Crippen LogP contribution in [0.4, 0.5) is 5.69 Å². The van der Waals surface area contributed by atoms with Crippen LogP contribution < -0.4 is 5.32 Å². The Kier molecular flexibility index (Phi) is 5.14. The molecule has 0 aliphatic carbocycles. The molecule has 0 spiro atoms. The number of anilines is 1. The van der Waals surface area contributed by atoms with Crippen molar-refractivity contribution in [2.45, 2.75) is 25.2 Å². The fraction of sp³-hybridized carbons (Fsp3) is 0.333. The lowest BCUT2D eigenvalue weighted by Gasteiger charge is -2.34. The second-order valence-corrected chi connectivity index (χ2v) is 9.86. The lowest BCUT2D eigenvalue weighted by atomic mass is 9.94. The minimum Gasteiger partial charge on any atom is -0.322 e. The zero-order valence-corrected chi connectivity index (χ0v) is 17.2. The molecule has 7 nitrogen and oxygen atoms in total. The molecule has 2 heterocycles. The highest BCUT2D eigenvalue weighted by molar-refractivity contribution is 7.89. The molecule has 2 aromatic carbocycles. The summed E-state index contributed by atoms with van der Waals surface area (Å²) in [5.74, 6) is 0.279. The minimum absolute atomic E-state index is 0.150. The van der Waals surface area contributed by atoms with E-state index in [9.17, 15) is 13.2 Å². The molecule has 0 saturated carbocycles. The maximum Gasteiger partial charge on any atom is 0.255 e. The molecule has 1 fully saturated rings. The lowest BCUT2D eigenvalue weighted by molar-refractivity contribution is 0.102. The molecular weight excluding hydrogens is 388 g/mol. The van der Waals surface area contributed by atoms with E-state index in [0.717, 1.165) is 17.3 Å². The van der Waals surface area contributed by atoms with Crippen molar-refractivity contribution in [3.05, 3.63) is 54.2 Å². The maximum atomic E-state index is 13.1. The Balaban J connectivity index is 1.56. The zero-order chi connectivity index (χ0) is 20.6. The van der Waals surface area contributed by atoms with Crippen molar-refractivity contribution in [1.82, 2.24) is 14.5 Å². The number of aromatic amines is 1. The molecule has 1 aliphatic heterocycles. The van der Waals surface area contributed by atoms with Gasteiger partial charge in [-0.2, -0.15) is 9.40 Å². The first-order valence-electron chi connectivity index (χ1n) is 9.67. The summed E-state index contributed by atoms with van der Waals surface area (Å²) in [6.07, 6.45) is 2.70. The topological polar surface area (TPSA) is 95.2 Å². The van der Waals surface area contributed by atoms with Crippen LogP contribution in [0.25, 0.3) is 10.9 Å². The molecule has 2 N–H and O–H groups in total. The van der Waals surface area contributed by atoms with Gasteiger partial charge in [-0.15, -0.1) is 0 Å². The van der Waals surface area contributed by atoms with Gasteiger partial charge in [-0.3, -0.25) is 9.89 Å². The van der Waals surface area contributed by atoms with Crippen molar-refractivity contribution in [3.8, 4) is 0 Å². The summed E-state index contributed by atoms with van der Waals surface area (Å²) in [7, 11) is -3.64. The van der Waals surface area contributed by atoms with Crippen molar-refractivity contribution in [2.24, 2.45) is 11.8 Å². The number of hydrogen-bond donors (Lipinski definition) is 2. The normalized spacial score (nSPS) is 20.6. The quantitative estimate of drug-likeness (QED) is 0.686. The van der Waals surface area contributed by atoms with Crippen LogP contribution in [0.2, 0.25) is 0 Å². The second-order valence-electron chi connectivity index (χ2n) is 7.92. The first kappa shape index (κ1) is 19.6. The molecule has 0 radical (unpaired) electrons. The molecule has 1 aromatic heterocycles. The molecule has 1 saturated heterocycles. The molecule has 1 amide bonds. The van der Waals surface area contributed by atoms with Crippen molar-refractivity contribution in [2.75, 3.05) is 18.4 Å². The van der Waals surface area contributed by atoms with Crippen molar-refractivity contribution in [1.29, 1.82) is 0 Å². The molecule has 0 bridgehead atoms. The third-order valence-electron chi connectivity index (χ3n) is 5.27. The number of aromatic nitrogens is 2. The fourth-order valence-corrected chi connectivity index (χ4v) is 5.70. The predicted molar refractivity (Wildman–Crippen MR) is 112 cm³/mol. The number of H-pyrrole nitrogens is 1. The van der Waals surface area contributed by atoms with Crippen LogP contribution in [-0.4, -0.2) is 41.9 Å². The fourth-order valence-electron chi connectivity index (χ4n) is 3.97. The van der Waals surface area contributed by atoms with Gasteiger partial charge in [0.15, 0.2) is 0 Å². The number of fused-ring (bicyclic) bond motifs is 1. The van der Waals surface area contributed by atoms with Crippen molar-refractivity contribution < 1.29 is 13.2 Å². The van der Waals surface area contributed by atoms with Crippen LogP contribution in [0, 0.1) is 11.8 Å². The lowest BCUT2D eigenvalue weighted by Crippen LogP contribution is -2.42. The standard InChI is InChI=1S/C21H24N4O3S/c1-14-8-15(2)13-25(12-14)29(27,28)19-5-3-4-16(10-19)21(26)23-18-6-7-20-17(9-18)11-22-24-20/h3-7,9-11,14-15H,8,12-13H2,1-2H3,(H,22,24)(H,23,26). The van der Waals surface area contributed by atoms with Gasteiger partial charge in [0.1, 0.15) is 0 Å². The van der Waals surface area contributed by atoms with Crippen molar-refractivity contribution in [3.63, 3.8) is 0 Å². The number of carbonyl (C=O) groups excluding carboxylic acids is 1. The van der Waals surface area contributed by atoms with Gasteiger partial charge in [0, 0.05) is 29.7 Å². The molecule has 4 rings (SSSR count). The van der Waals surface area contributed by atoms with E-state index in [1.165, 1.54) is 10.4 Å². The SMILES string of the molecule is CC1CC(C)CN(S(=O)(=O)c2cccc(C(=O)Nc3ccc4[nH]ncc4c3)c2)C1. The van der Waals surface area contributed by atoms with Gasteiger partial charge in [0.05, 0.1) is 16.6 Å². The number of carbonyl (C=O) groups is 1. The Hall–Kier alpha value is -2.71. The molecule has 152 valence electrons. The minimum atomic E-state index is -3.64. The molecule has 29 heavy (non-hydrogen) atoms. The molecule has 1 aliphatic rings. The molecule has 2 atom stereocenters. The van der Waals surface area contributed by atoms with Gasteiger partial charge < -0.3 is 5.32 Å². The Morgan fingerprint density at radius 1 is 1.14 bits per heavy atom. The Labute approximate surface area is 170 Å². The monoisotopic (exact) mass is 412 g/mol. The number of sulfonamides is 1. The Bertz CT molecular complexity index is 1150. The molecule has 2 unspecified atom stereocenters. The van der Waals surface area contributed by atoms with Gasteiger partial charge in [-0.05, 0) is 54.7 Å². The van der Waals surface area contributed by atoms with Gasteiger partial charge in [0.2, 0.25) is 10.0 Å². The summed E-state index contributed by atoms with van der Waals surface area (Å²) in [6, 6.07) is 11.6. The van der Waals surface area contributed by atoms with Crippen molar-refractivity contribution >= 4 is 32.5 Å².